The summed E-state index contributed by atoms with van der Waals surface area (Å²) in [5.41, 5.74) is 1.45. The van der Waals surface area contributed by atoms with Gasteiger partial charge in [0.1, 0.15) is 0 Å². The molecule has 19 heavy (non-hydrogen) atoms. The summed E-state index contributed by atoms with van der Waals surface area (Å²) in [6.07, 6.45) is 1.08. The van der Waals surface area contributed by atoms with Crippen LogP contribution in [0.3, 0.4) is 0 Å². The summed E-state index contributed by atoms with van der Waals surface area (Å²) in [6.45, 7) is 10.00. The molecule has 0 heterocycles. The molecule has 1 rings (SSSR count). The standard InChI is InChI=1S/C15H27NO2Si/c1-5-17-19(18-6-2)15(12-13(3)4)16-14-10-8-7-9-11-14/h7-11,13,15-16,19H,5-6,12H2,1-4H3. The number of hydrogen-bond acceptors (Lipinski definition) is 3. The van der Waals surface area contributed by atoms with E-state index < -0.39 is 9.28 Å². The molecule has 0 radical (unpaired) electrons. The second-order valence-corrected chi connectivity index (χ2v) is 7.23. The fourth-order valence-corrected chi connectivity index (χ4v) is 4.42. The summed E-state index contributed by atoms with van der Waals surface area (Å²) in [5, 5.41) is 3.59. The van der Waals surface area contributed by atoms with Crippen molar-refractivity contribution in [3.05, 3.63) is 30.3 Å². The van der Waals surface area contributed by atoms with Crippen LogP contribution in [0.4, 0.5) is 5.69 Å². The fourth-order valence-electron chi connectivity index (χ4n) is 2.10. The molecule has 0 bridgehead atoms. The van der Waals surface area contributed by atoms with Crippen molar-refractivity contribution >= 4 is 15.0 Å². The van der Waals surface area contributed by atoms with Crippen LogP contribution < -0.4 is 5.32 Å². The third-order valence-electron chi connectivity index (χ3n) is 2.84. The van der Waals surface area contributed by atoms with Crippen molar-refractivity contribution in [1.29, 1.82) is 0 Å². The van der Waals surface area contributed by atoms with E-state index in [1.807, 2.05) is 32.0 Å². The zero-order valence-corrected chi connectivity index (χ0v) is 13.7. The lowest BCUT2D eigenvalue weighted by Crippen LogP contribution is -2.43. The summed E-state index contributed by atoms with van der Waals surface area (Å²) in [7, 11) is -1.69. The van der Waals surface area contributed by atoms with E-state index in [4.69, 9.17) is 8.85 Å². The molecule has 0 amide bonds. The third-order valence-corrected chi connectivity index (χ3v) is 5.26. The molecule has 1 atom stereocenters. The van der Waals surface area contributed by atoms with Crippen molar-refractivity contribution in [3.63, 3.8) is 0 Å². The predicted octanol–water partition coefficient (Wildman–Crippen LogP) is 3.35. The summed E-state index contributed by atoms with van der Waals surface area (Å²) in [6, 6.07) is 10.3. The molecular formula is C15H27NO2Si. The smallest absolute Gasteiger partial charge is 0.344 e. The van der Waals surface area contributed by atoms with Gasteiger partial charge in [-0.2, -0.15) is 0 Å². The summed E-state index contributed by atoms with van der Waals surface area (Å²) in [5.74, 6) is 0.622. The Morgan fingerprint density at radius 1 is 1.05 bits per heavy atom. The maximum Gasteiger partial charge on any atom is 0.344 e. The topological polar surface area (TPSA) is 30.5 Å². The van der Waals surface area contributed by atoms with Gasteiger partial charge in [-0.3, -0.25) is 0 Å². The van der Waals surface area contributed by atoms with Gasteiger partial charge in [0.2, 0.25) is 0 Å². The average molecular weight is 281 g/mol. The highest BCUT2D eigenvalue weighted by atomic mass is 28.3. The monoisotopic (exact) mass is 281 g/mol. The van der Waals surface area contributed by atoms with E-state index in [9.17, 15) is 0 Å². The zero-order chi connectivity index (χ0) is 14.1. The van der Waals surface area contributed by atoms with Gasteiger partial charge >= 0.3 is 9.28 Å². The van der Waals surface area contributed by atoms with Gasteiger partial charge in [0, 0.05) is 18.9 Å². The molecule has 0 aliphatic heterocycles. The van der Waals surface area contributed by atoms with Crippen molar-refractivity contribution < 1.29 is 8.85 Å². The first-order chi connectivity index (χ1) is 9.17. The van der Waals surface area contributed by atoms with Gasteiger partial charge in [-0.25, -0.2) is 0 Å². The first-order valence-corrected chi connectivity index (χ1v) is 8.83. The molecule has 1 unspecified atom stereocenters. The molecule has 0 saturated heterocycles. The summed E-state index contributed by atoms with van der Waals surface area (Å²) in [4.78, 5) is 0. The van der Waals surface area contributed by atoms with Crippen LogP contribution in [0.25, 0.3) is 0 Å². The minimum atomic E-state index is -1.69. The minimum Gasteiger partial charge on any atom is -0.396 e. The van der Waals surface area contributed by atoms with Crippen LogP contribution in [0, 0.1) is 5.92 Å². The quantitative estimate of drug-likeness (QED) is 0.704. The van der Waals surface area contributed by atoms with Crippen molar-refractivity contribution in [2.24, 2.45) is 5.92 Å². The Hall–Kier alpha value is -0.843. The lowest BCUT2D eigenvalue weighted by molar-refractivity contribution is 0.204. The number of hydrogen-bond donors (Lipinski definition) is 1. The van der Waals surface area contributed by atoms with Crippen LogP contribution >= 0.6 is 0 Å². The van der Waals surface area contributed by atoms with Crippen molar-refractivity contribution in [2.75, 3.05) is 18.5 Å². The molecule has 0 fully saturated rings. The first-order valence-electron chi connectivity index (χ1n) is 7.22. The molecule has 0 aromatic heterocycles. The molecule has 1 aromatic rings. The second-order valence-electron chi connectivity index (χ2n) is 5.03. The summed E-state index contributed by atoms with van der Waals surface area (Å²) >= 11 is 0. The number of rotatable bonds is 9. The number of anilines is 1. The maximum absolute atomic E-state index is 5.87. The summed E-state index contributed by atoms with van der Waals surface area (Å²) < 4.78 is 11.7. The van der Waals surface area contributed by atoms with Gasteiger partial charge < -0.3 is 14.2 Å². The molecule has 3 nitrogen and oxygen atoms in total. The van der Waals surface area contributed by atoms with E-state index in [0.29, 0.717) is 11.6 Å². The van der Waals surface area contributed by atoms with Crippen LogP contribution in [-0.2, 0) is 8.85 Å². The minimum absolute atomic E-state index is 0.308. The van der Waals surface area contributed by atoms with E-state index in [0.717, 1.165) is 25.3 Å². The van der Waals surface area contributed by atoms with Crippen LogP contribution in [0.2, 0.25) is 0 Å². The van der Waals surface area contributed by atoms with Gasteiger partial charge in [0.25, 0.3) is 0 Å². The molecule has 0 spiro atoms. The van der Waals surface area contributed by atoms with Gasteiger partial charge in [-0.05, 0) is 38.3 Å². The molecular weight excluding hydrogens is 254 g/mol. The SMILES string of the molecule is CCO[SiH](OCC)C(CC(C)C)Nc1ccccc1. The molecule has 0 aliphatic rings. The van der Waals surface area contributed by atoms with Crippen molar-refractivity contribution in [2.45, 2.75) is 39.8 Å². The van der Waals surface area contributed by atoms with Gasteiger partial charge in [0.15, 0.2) is 0 Å². The lowest BCUT2D eigenvalue weighted by Gasteiger charge is -2.28. The van der Waals surface area contributed by atoms with Gasteiger partial charge in [-0.15, -0.1) is 0 Å². The van der Waals surface area contributed by atoms with E-state index in [-0.39, 0.29) is 0 Å². The Kier molecular flexibility index (Phi) is 7.78. The van der Waals surface area contributed by atoms with E-state index >= 15 is 0 Å². The normalized spacial score (nSPS) is 12.9. The van der Waals surface area contributed by atoms with Crippen molar-refractivity contribution in [3.8, 4) is 0 Å². The van der Waals surface area contributed by atoms with Crippen molar-refractivity contribution in [1.82, 2.24) is 0 Å². The van der Waals surface area contributed by atoms with Gasteiger partial charge in [0.05, 0.1) is 5.67 Å². The highest BCUT2D eigenvalue weighted by Crippen LogP contribution is 2.16. The number of nitrogens with one attached hydrogen (secondary N) is 1. The third kappa shape index (κ3) is 6.23. The highest BCUT2D eigenvalue weighted by molar-refractivity contribution is 6.47. The Labute approximate surface area is 119 Å². The number of para-hydroxylation sites is 1. The van der Waals surface area contributed by atoms with Gasteiger partial charge in [-0.1, -0.05) is 32.0 Å². The van der Waals surface area contributed by atoms with E-state index in [2.05, 4.69) is 31.3 Å². The fraction of sp³-hybridized carbons (Fsp3) is 0.600. The van der Waals surface area contributed by atoms with Crippen LogP contribution in [0.5, 0.6) is 0 Å². The highest BCUT2D eigenvalue weighted by Gasteiger charge is 2.26. The van der Waals surface area contributed by atoms with Crippen LogP contribution in [-0.4, -0.2) is 28.2 Å². The van der Waals surface area contributed by atoms with Crippen LogP contribution in [0.15, 0.2) is 30.3 Å². The Morgan fingerprint density at radius 2 is 1.63 bits per heavy atom. The Balaban J connectivity index is 2.73. The largest absolute Gasteiger partial charge is 0.396 e. The average Bonchev–Trinajstić information content (AvgIpc) is 2.38. The molecule has 108 valence electrons. The van der Waals surface area contributed by atoms with E-state index in [1.165, 1.54) is 0 Å². The first kappa shape index (κ1) is 16.2. The molecule has 1 aromatic carbocycles. The Bertz CT molecular complexity index is 326. The van der Waals surface area contributed by atoms with Crippen LogP contribution in [0.1, 0.15) is 34.1 Å². The zero-order valence-electron chi connectivity index (χ0n) is 12.6. The molecule has 1 N–H and O–H groups in total. The lowest BCUT2D eigenvalue weighted by atomic mass is 10.1. The molecule has 0 aliphatic carbocycles. The predicted molar refractivity (Wildman–Crippen MR) is 83.7 cm³/mol. The maximum atomic E-state index is 5.87. The second kappa shape index (κ2) is 9.12. The molecule has 0 saturated carbocycles. The van der Waals surface area contributed by atoms with E-state index in [1.54, 1.807) is 0 Å². The molecule has 4 heteroatoms. The Morgan fingerprint density at radius 3 is 2.11 bits per heavy atom. The number of benzene rings is 1.